The fourth-order valence-electron chi connectivity index (χ4n) is 4.50. The standard InChI is InChI=1S/C32H21N3O2/c1-3-9-22(10-4-1)23-15-17-29-27(19-23)33-31(37-29)18-16-25-21-35(26-12-5-2-6-13-26)34-32(25)30-20-24-11-7-8-14-28(24)36-30/h1-21H. The van der Waals surface area contributed by atoms with Gasteiger partial charge in [-0.3, -0.25) is 0 Å². The first-order chi connectivity index (χ1) is 18.3. The average Bonchev–Trinajstić information content (AvgIpc) is 3.68. The topological polar surface area (TPSA) is 57.0 Å². The van der Waals surface area contributed by atoms with Crippen molar-refractivity contribution in [3.63, 3.8) is 0 Å². The number of fused-ring (bicyclic) bond motifs is 2. The van der Waals surface area contributed by atoms with Crippen LogP contribution in [0, 0.1) is 0 Å². The SMILES string of the molecule is C(=Cc1cn(-c2ccccc2)nc1-c1cc2ccccc2o1)c1nc2cc(-c3ccccc3)ccc2o1. The Morgan fingerprint density at radius 2 is 1.43 bits per heavy atom. The molecule has 5 nitrogen and oxygen atoms in total. The van der Waals surface area contributed by atoms with Crippen LogP contribution < -0.4 is 0 Å². The van der Waals surface area contributed by atoms with Crippen molar-refractivity contribution in [1.82, 2.24) is 14.8 Å². The summed E-state index contributed by atoms with van der Waals surface area (Å²) in [4.78, 5) is 4.71. The Morgan fingerprint density at radius 3 is 2.27 bits per heavy atom. The molecule has 4 aromatic carbocycles. The second kappa shape index (κ2) is 8.81. The zero-order chi connectivity index (χ0) is 24.6. The summed E-state index contributed by atoms with van der Waals surface area (Å²) < 4.78 is 14.0. The summed E-state index contributed by atoms with van der Waals surface area (Å²) in [5.41, 5.74) is 7.26. The van der Waals surface area contributed by atoms with Gasteiger partial charge >= 0.3 is 0 Å². The minimum Gasteiger partial charge on any atom is -0.454 e. The lowest BCUT2D eigenvalue weighted by Crippen LogP contribution is -1.93. The van der Waals surface area contributed by atoms with Gasteiger partial charge in [0.1, 0.15) is 16.8 Å². The Morgan fingerprint density at radius 1 is 0.649 bits per heavy atom. The Hall–Kier alpha value is -5.16. The molecule has 7 aromatic rings. The van der Waals surface area contributed by atoms with Crippen molar-refractivity contribution in [2.75, 3.05) is 0 Å². The van der Waals surface area contributed by atoms with E-state index in [-0.39, 0.29) is 0 Å². The van der Waals surface area contributed by atoms with E-state index in [2.05, 4.69) is 24.3 Å². The molecule has 0 saturated carbocycles. The van der Waals surface area contributed by atoms with E-state index in [4.69, 9.17) is 18.9 Å². The molecule has 3 aromatic heterocycles. The Kier molecular flexibility index (Phi) is 5.03. The lowest BCUT2D eigenvalue weighted by Gasteiger charge is -1.99. The van der Waals surface area contributed by atoms with E-state index >= 15 is 0 Å². The number of nitrogens with zero attached hydrogens (tertiary/aromatic N) is 3. The third-order valence-electron chi connectivity index (χ3n) is 6.34. The first kappa shape index (κ1) is 21.1. The molecular weight excluding hydrogens is 458 g/mol. The number of rotatable bonds is 5. The number of oxazole rings is 1. The molecular formula is C32H21N3O2. The summed E-state index contributed by atoms with van der Waals surface area (Å²) in [5.74, 6) is 1.24. The lowest BCUT2D eigenvalue weighted by molar-refractivity contribution is 0.589. The normalized spacial score (nSPS) is 11.7. The molecule has 0 bridgehead atoms. The van der Waals surface area contributed by atoms with Gasteiger partial charge in [-0.2, -0.15) is 5.10 Å². The molecule has 0 amide bonds. The van der Waals surface area contributed by atoms with Crippen molar-refractivity contribution in [3.8, 4) is 28.3 Å². The summed E-state index contributed by atoms with van der Waals surface area (Å²) in [6.07, 6.45) is 5.84. The second-order valence-corrected chi connectivity index (χ2v) is 8.80. The predicted octanol–water partition coefficient (Wildman–Crippen LogP) is 8.26. The molecule has 7 rings (SSSR count). The molecule has 0 saturated heterocycles. The van der Waals surface area contributed by atoms with Crippen molar-refractivity contribution in [2.24, 2.45) is 0 Å². The maximum atomic E-state index is 6.15. The Labute approximate surface area is 212 Å². The van der Waals surface area contributed by atoms with Gasteiger partial charge in [0.15, 0.2) is 11.3 Å². The minimum atomic E-state index is 0.531. The largest absolute Gasteiger partial charge is 0.454 e. The van der Waals surface area contributed by atoms with E-state index in [9.17, 15) is 0 Å². The minimum absolute atomic E-state index is 0.531. The van der Waals surface area contributed by atoms with E-state index in [1.807, 2.05) is 108 Å². The summed E-state index contributed by atoms with van der Waals surface area (Å²) in [5, 5.41) is 5.90. The summed E-state index contributed by atoms with van der Waals surface area (Å²) in [6, 6.07) is 36.4. The highest BCUT2D eigenvalue weighted by molar-refractivity contribution is 5.86. The zero-order valence-corrected chi connectivity index (χ0v) is 19.8. The van der Waals surface area contributed by atoms with Gasteiger partial charge in [-0.1, -0.05) is 72.8 Å². The first-order valence-electron chi connectivity index (χ1n) is 12.1. The zero-order valence-electron chi connectivity index (χ0n) is 19.8. The number of furan rings is 1. The predicted molar refractivity (Wildman–Crippen MR) is 147 cm³/mol. The first-order valence-corrected chi connectivity index (χ1v) is 12.1. The van der Waals surface area contributed by atoms with Gasteiger partial charge in [0.2, 0.25) is 5.89 Å². The van der Waals surface area contributed by atoms with Crippen LogP contribution in [0.25, 0.3) is 62.5 Å². The van der Waals surface area contributed by atoms with Crippen molar-refractivity contribution >= 4 is 34.2 Å². The summed E-state index contributed by atoms with van der Waals surface area (Å²) >= 11 is 0. The van der Waals surface area contributed by atoms with Crippen LogP contribution in [-0.2, 0) is 0 Å². The molecule has 0 aliphatic carbocycles. The fraction of sp³-hybridized carbons (Fsp3) is 0. The third kappa shape index (κ3) is 4.02. The van der Waals surface area contributed by atoms with Gasteiger partial charge in [-0.05, 0) is 53.6 Å². The van der Waals surface area contributed by atoms with Gasteiger partial charge in [-0.15, -0.1) is 0 Å². The molecule has 0 spiro atoms. The monoisotopic (exact) mass is 479 g/mol. The van der Waals surface area contributed by atoms with Crippen LogP contribution in [0.4, 0.5) is 0 Å². The molecule has 0 aliphatic rings. The molecule has 0 N–H and O–H groups in total. The van der Waals surface area contributed by atoms with Gasteiger partial charge in [0.25, 0.3) is 0 Å². The van der Waals surface area contributed by atoms with Gasteiger partial charge in [0.05, 0.1) is 5.69 Å². The fourth-order valence-corrected chi connectivity index (χ4v) is 4.50. The number of hydrogen-bond acceptors (Lipinski definition) is 4. The molecule has 0 aliphatic heterocycles. The molecule has 0 unspecified atom stereocenters. The lowest BCUT2D eigenvalue weighted by atomic mass is 10.1. The van der Waals surface area contributed by atoms with Crippen LogP contribution in [0.2, 0.25) is 0 Å². The highest BCUT2D eigenvalue weighted by Crippen LogP contribution is 2.31. The van der Waals surface area contributed by atoms with E-state index in [0.29, 0.717) is 11.7 Å². The highest BCUT2D eigenvalue weighted by atomic mass is 16.3. The number of aromatic nitrogens is 3. The van der Waals surface area contributed by atoms with Gasteiger partial charge in [-0.25, -0.2) is 9.67 Å². The molecule has 0 atom stereocenters. The average molecular weight is 480 g/mol. The van der Waals surface area contributed by atoms with Gasteiger partial charge in [0, 0.05) is 23.2 Å². The summed E-state index contributed by atoms with van der Waals surface area (Å²) in [7, 11) is 0. The molecule has 3 heterocycles. The van der Waals surface area contributed by atoms with Crippen molar-refractivity contribution in [1.29, 1.82) is 0 Å². The van der Waals surface area contributed by atoms with Crippen LogP contribution in [0.3, 0.4) is 0 Å². The van der Waals surface area contributed by atoms with Crippen LogP contribution in [0.15, 0.2) is 124 Å². The van der Waals surface area contributed by atoms with Crippen molar-refractivity contribution < 1.29 is 8.83 Å². The maximum absolute atomic E-state index is 6.15. The number of benzene rings is 4. The second-order valence-electron chi connectivity index (χ2n) is 8.80. The molecule has 5 heteroatoms. The van der Waals surface area contributed by atoms with Gasteiger partial charge < -0.3 is 8.83 Å². The van der Waals surface area contributed by atoms with Crippen LogP contribution in [0.5, 0.6) is 0 Å². The molecule has 0 fully saturated rings. The van der Waals surface area contributed by atoms with E-state index in [0.717, 1.165) is 50.1 Å². The summed E-state index contributed by atoms with van der Waals surface area (Å²) in [6.45, 7) is 0. The Bertz CT molecular complexity index is 1840. The maximum Gasteiger partial charge on any atom is 0.220 e. The van der Waals surface area contributed by atoms with E-state index in [1.165, 1.54) is 0 Å². The number of hydrogen-bond donors (Lipinski definition) is 0. The van der Waals surface area contributed by atoms with E-state index < -0.39 is 0 Å². The Balaban J connectivity index is 1.28. The van der Waals surface area contributed by atoms with Crippen LogP contribution in [-0.4, -0.2) is 14.8 Å². The van der Waals surface area contributed by atoms with Crippen molar-refractivity contribution in [2.45, 2.75) is 0 Å². The molecule has 37 heavy (non-hydrogen) atoms. The van der Waals surface area contributed by atoms with Crippen LogP contribution >= 0.6 is 0 Å². The smallest absolute Gasteiger partial charge is 0.220 e. The van der Waals surface area contributed by atoms with Crippen molar-refractivity contribution in [3.05, 3.63) is 127 Å². The molecule has 176 valence electrons. The number of para-hydroxylation sites is 2. The highest BCUT2D eigenvalue weighted by Gasteiger charge is 2.15. The molecule has 0 radical (unpaired) electrons. The quantitative estimate of drug-likeness (QED) is 0.249. The third-order valence-corrected chi connectivity index (χ3v) is 6.34. The van der Waals surface area contributed by atoms with E-state index in [1.54, 1.807) is 0 Å². The van der Waals surface area contributed by atoms with Crippen LogP contribution in [0.1, 0.15) is 11.5 Å².